The summed E-state index contributed by atoms with van der Waals surface area (Å²) in [6.45, 7) is 1.44. The van der Waals surface area contributed by atoms with E-state index in [1.165, 1.54) is 20.2 Å². The summed E-state index contributed by atoms with van der Waals surface area (Å²) in [4.78, 5) is 15.0. The molecular weight excluding hydrogens is 366 g/mol. The van der Waals surface area contributed by atoms with E-state index in [0.717, 1.165) is 0 Å². The minimum atomic E-state index is -4.78. The number of aromatic nitrogens is 1. The number of hydrogen-bond donors (Lipinski definition) is 0. The van der Waals surface area contributed by atoms with Crippen LogP contribution in [0.1, 0.15) is 11.3 Å². The van der Waals surface area contributed by atoms with Crippen LogP contribution in [0.2, 0.25) is 0 Å². The van der Waals surface area contributed by atoms with Gasteiger partial charge >= 0.3 is 12.3 Å². The largest absolute Gasteiger partial charge is 0.573 e. The Hall–Kier alpha value is -1.06. The summed E-state index contributed by atoms with van der Waals surface area (Å²) < 4.78 is 45.2. The first-order valence-electron chi connectivity index (χ1n) is 4.71. The standard InChI is InChI=1S/C10H9F3INO3/c1-5-4-15-6(3-7(16)17-2)8(14)9(5)18-10(11,12)13/h4H,3H2,1-2H3. The molecule has 0 aliphatic heterocycles. The fourth-order valence-corrected chi connectivity index (χ4v) is 2.03. The molecule has 1 aromatic heterocycles. The molecule has 8 heteroatoms. The minimum Gasteiger partial charge on any atom is -0.469 e. The van der Waals surface area contributed by atoms with Gasteiger partial charge in [-0.2, -0.15) is 0 Å². The van der Waals surface area contributed by atoms with Crippen LogP contribution < -0.4 is 4.74 Å². The van der Waals surface area contributed by atoms with Crippen molar-refractivity contribution in [2.75, 3.05) is 7.11 Å². The van der Waals surface area contributed by atoms with Crippen molar-refractivity contribution in [3.05, 3.63) is 21.0 Å². The molecule has 0 aromatic carbocycles. The fourth-order valence-electron chi connectivity index (χ4n) is 1.17. The van der Waals surface area contributed by atoms with E-state index in [1.54, 1.807) is 22.6 Å². The number of alkyl halides is 3. The number of aryl methyl sites for hydroxylation is 1. The molecule has 100 valence electrons. The second-order valence-electron chi connectivity index (χ2n) is 3.33. The quantitative estimate of drug-likeness (QED) is 0.602. The van der Waals surface area contributed by atoms with Crippen LogP contribution >= 0.6 is 22.6 Å². The Morgan fingerprint density at radius 2 is 2.11 bits per heavy atom. The van der Waals surface area contributed by atoms with E-state index in [2.05, 4.69) is 14.5 Å². The minimum absolute atomic E-state index is 0.148. The first-order chi connectivity index (χ1) is 8.24. The molecule has 0 spiro atoms. The molecule has 0 unspecified atom stereocenters. The van der Waals surface area contributed by atoms with Crippen molar-refractivity contribution in [2.45, 2.75) is 19.7 Å². The summed E-state index contributed by atoms with van der Waals surface area (Å²) in [5.41, 5.74) is 0.428. The zero-order chi connectivity index (χ0) is 13.9. The van der Waals surface area contributed by atoms with Gasteiger partial charge in [-0.1, -0.05) is 0 Å². The van der Waals surface area contributed by atoms with Crippen molar-refractivity contribution in [3.8, 4) is 5.75 Å². The summed E-state index contributed by atoms with van der Waals surface area (Å²) in [6, 6.07) is 0. The Morgan fingerprint density at radius 3 is 2.61 bits per heavy atom. The number of carbonyl (C=O) groups excluding carboxylic acids is 1. The number of carbonyl (C=O) groups is 1. The van der Waals surface area contributed by atoms with Crippen molar-refractivity contribution in [2.24, 2.45) is 0 Å². The highest BCUT2D eigenvalue weighted by molar-refractivity contribution is 14.1. The zero-order valence-corrected chi connectivity index (χ0v) is 11.6. The molecule has 0 radical (unpaired) electrons. The average Bonchev–Trinajstić information content (AvgIpc) is 2.26. The average molecular weight is 375 g/mol. The van der Waals surface area contributed by atoms with Gasteiger partial charge in [-0.25, -0.2) is 0 Å². The fraction of sp³-hybridized carbons (Fsp3) is 0.400. The summed E-state index contributed by atoms with van der Waals surface area (Å²) in [5.74, 6) is -0.917. The van der Waals surface area contributed by atoms with Gasteiger partial charge in [0.1, 0.15) is 5.75 Å². The van der Waals surface area contributed by atoms with Crippen LogP contribution in [-0.4, -0.2) is 24.4 Å². The van der Waals surface area contributed by atoms with Crippen molar-refractivity contribution in [1.82, 2.24) is 4.98 Å². The molecule has 1 heterocycles. The van der Waals surface area contributed by atoms with Gasteiger partial charge in [0, 0.05) is 11.8 Å². The van der Waals surface area contributed by atoms with Crippen LogP contribution in [0.25, 0.3) is 0 Å². The Kier molecular flexibility index (Phi) is 4.77. The lowest BCUT2D eigenvalue weighted by molar-refractivity contribution is -0.275. The van der Waals surface area contributed by atoms with Gasteiger partial charge in [0.25, 0.3) is 0 Å². The van der Waals surface area contributed by atoms with Crippen molar-refractivity contribution in [3.63, 3.8) is 0 Å². The molecular formula is C10H9F3INO3. The lowest BCUT2D eigenvalue weighted by atomic mass is 10.2. The van der Waals surface area contributed by atoms with Crippen LogP contribution in [0.3, 0.4) is 0 Å². The Labute approximate surface area is 115 Å². The number of pyridine rings is 1. The van der Waals surface area contributed by atoms with Gasteiger partial charge in [0.15, 0.2) is 0 Å². The molecule has 0 aliphatic carbocycles. The number of halogens is 4. The molecule has 0 amide bonds. The van der Waals surface area contributed by atoms with Crippen molar-refractivity contribution >= 4 is 28.6 Å². The van der Waals surface area contributed by atoms with E-state index < -0.39 is 12.3 Å². The first-order valence-corrected chi connectivity index (χ1v) is 5.79. The van der Waals surface area contributed by atoms with E-state index in [4.69, 9.17) is 0 Å². The maximum absolute atomic E-state index is 12.2. The lowest BCUT2D eigenvalue weighted by Gasteiger charge is -2.14. The molecule has 1 aromatic rings. The first kappa shape index (κ1) is 15.0. The van der Waals surface area contributed by atoms with E-state index in [9.17, 15) is 18.0 Å². The van der Waals surface area contributed by atoms with Gasteiger partial charge in [-0.3, -0.25) is 9.78 Å². The van der Waals surface area contributed by atoms with E-state index in [1.807, 2.05) is 0 Å². The summed E-state index contributed by atoms with van der Waals surface area (Å²) in [7, 11) is 1.19. The number of ether oxygens (including phenoxy) is 2. The third-order valence-electron chi connectivity index (χ3n) is 1.98. The highest BCUT2D eigenvalue weighted by Gasteiger charge is 2.33. The van der Waals surface area contributed by atoms with Crippen LogP contribution in [0.5, 0.6) is 5.75 Å². The number of rotatable bonds is 3. The van der Waals surface area contributed by atoms with E-state index in [-0.39, 0.29) is 27.0 Å². The molecule has 0 saturated carbocycles. The SMILES string of the molecule is COC(=O)Cc1ncc(C)c(OC(F)(F)F)c1I. The molecule has 0 fully saturated rings. The van der Waals surface area contributed by atoms with Crippen LogP contribution in [0, 0.1) is 10.5 Å². The summed E-state index contributed by atoms with van der Waals surface area (Å²) in [6.07, 6.45) is -3.76. The van der Waals surface area contributed by atoms with Gasteiger partial charge in [0.05, 0.1) is 22.8 Å². The van der Waals surface area contributed by atoms with Crippen LogP contribution in [0.15, 0.2) is 6.20 Å². The number of nitrogens with zero attached hydrogens (tertiary/aromatic N) is 1. The van der Waals surface area contributed by atoms with E-state index >= 15 is 0 Å². The highest BCUT2D eigenvalue weighted by atomic mass is 127. The van der Waals surface area contributed by atoms with E-state index in [0.29, 0.717) is 0 Å². The van der Waals surface area contributed by atoms with Crippen molar-refractivity contribution in [1.29, 1.82) is 0 Å². The number of esters is 1. The van der Waals surface area contributed by atoms with Crippen LogP contribution in [0.4, 0.5) is 13.2 Å². The summed E-state index contributed by atoms with van der Waals surface area (Å²) in [5, 5.41) is 0. The molecule has 18 heavy (non-hydrogen) atoms. The molecule has 0 bridgehead atoms. The number of methoxy groups -OCH3 is 1. The molecule has 0 N–H and O–H groups in total. The second kappa shape index (κ2) is 5.72. The second-order valence-corrected chi connectivity index (χ2v) is 4.41. The molecule has 4 nitrogen and oxygen atoms in total. The predicted molar refractivity (Wildman–Crippen MR) is 64.1 cm³/mol. The van der Waals surface area contributed by atoms with Gasteiger partial charge < -0.3 is 9.47 Å². The normalized spacial score (nSPS) is 11.2. The maximum Gasteiger partial charge on any atom is 0.573 e. The Morgan fingerprint density at radius 1 is 1.50 bits per heavy atom. The Bertz CT molecular complexity index is 462. The smallest absolute Gasteiger partial charge is 0.469 e. The maximum atomic E-state index is 12.2. The van der Waals surface area contributed by atoms with Gasteiger partial charge in [-0.05, 0) is 29.5 Å². The Balaban J connectivity index is 3.10. The number of hydrogen-bond acceptors (Lipinski definition) is 4. The summed E-state index contributed by atoms with van der Waals surface area (Å²) >= 11 is 1.66. The third-order valence-corrected chi connectivity index (χ3v) is 3.09. The molecule has 0 saturated heterocycles. The molecule has 1 rings (SSSR count). The van der Waals surface area contributed by atoms with Crippen LogP contribution in [-0.2, 0) is 16.0 Å². The molecule has 0 atom stereocenters. The van der Waals surface area contributed by atoms with Gasteiger partial charge in [-0.15, -0.1) is 13.2 Å². The zero-order valence-electron chi connectivity index (χ0n) is 9.47. The lowest BCUT2D eigenvalue weighted by Crippen LogP contribution is -2.19. The predicted octanol–water partition coefficient (Wildman–Crippen LogP) is 2.61. The van der Waals surface area contributed by atoms with Crippen molar-refractivity contribution < 1.29 is 27.4 Å². The third kappa shape index (κ3) is 4.00. The highest BCUT2D eigenvalue weighted by Crippen LogP contribution is 2.32. The van der Waals surface area contributed by atoms with Gasteiger partial charge in [0.2, 0.25) is 0 Å². The molecule has 0 aliphatic rings. The monoisotopic (exact) mass is 375 g/mol. The topological polar surface area (TPSA) is 48.4 Å².